The first-order chi connectivity index (χ1) is 9.26. The molecule has 102 valence electrons. The Balaban J connectivity index is 2.25. The van der Waals surface area contributed by atoms with E-state index in [2.05, 4.69) is 15.7 Å². The van der Waals surface area contributed by atoms with Crippen LogP contribution in [0.4, 0.5) is 5.69 Å². The maximum absolute atomic E-state index is 11.8. The minimum Gasteiger partial charge on any atom is -0.353 e. The van der Waals surface area contributed by atoms with Gasteiger partial charge in [0.25, 0.3) is 0 Å². The number of nitrogens with two attached hydrogens (primary N) is 1. The van der Waals surface area contributed by atoms with Crippen molar-refractivity contribution in [1.82, 2.24) is 15.6 Å². The molecule has 0 aliphatic carbocycles. The Morgan fingerprint density at radius 2 is 2.26 bits per heavy atom. The molecule has 0 radical (unpaired) electrons. The number of piperazine rings is 1. The van der Waals surface area contributed by atoms with Crippen molar-refractivity contribution in [3.8, 4) is 0 Å². The fourth-order valence-electron chi connectivity index (χ4n) is 2.18. The second-order valence-corrected chi connectivity index (χ2v) is 4.32. The molecule has 0 spiro atoms. The zero-order valence-electron chi connectivity index (χ0n) is 11.0. The van der Waals surface area contributed by atoms with E-state index in [1.807, 2.05) is 42.2 Å². The summed E-state index contributed by atoms with van der Waals surface area (Å²) in [6.45, 7) is 3.27. The van der Waals surface area contributed by atoms with E-state index in [0.717, 1.165) is 5.69 Å². The van der Waals surface area contributed by atoms with Gasteiger partial charge in [0.1, 0.15) is 6.04 Å². The molecule has 6 nitrogen and oxygen atoms in total. The van der Waals surface area contributed by atoms with Gasteiger partial charge in [-0.15, -0.1) is 0 Å². The second-order valence-electron chi connectivity index (χ2n) is 4.32. The lowest BCUT2D eigenvalue weighted by Crippen LogP contribution is -2.60. The van der Waals surface area contributed by atoms with Crippen molar-refractivity contribution in [2.75, 3.05) is 13.1 Å². The van der Waals surface area contributed by atoms with Crippen molar-refractivity contribution in [1.29, 1.82) is 0 Å². The molecule has 1 saturated heterocycles. The maximum atomic E-state index is 11.8. The summed E-state index contributed by atoms with van der Waals surface area (Å²) in [7, 11) is 0. The van der Waals surface area contributed by atoms with E-state index in [1.54, 1.807) is 0 Å². The number of para-hydroxylation sites is 1. The van der Waals surface area contributed by atoms with Crippen molar-refractivity contribution in [3.63, 3.8) is 0 Å². The van der Waals surface area contributed by atoms with Crippen LogP contribution in [0.5, 0.6) is 0 Å². The first kappa shape index (κ1) is 13.4. The van der Waals surface area contributed by atoms with E-state index in [-0.39, 0.29) is 11.9 Å². The highest BCUT2D eigenvalue weighted by Gasteiger charge is 2.30. The molecular formula is C13H19N5O. The Bertz CT molecular complexity index is 459. The molecule has 1 aromatic rings. The lowest BCUT2D eigenvalue weighted by atomic mass is 10.1. The molecule has 0 bridgehead atoms. The van der Waals surface area contributed by atoms with Crippen LogP contribution in [-0.4, -0.2) is 35.9 Å². The van der Waals surface area contributed by atoms with Crippen LogP contribution >= 0.6 is 0 Å². The van der Waals surface area contributed by atoms with Crippen molar-refractivity contribution in [2.45, 2.75) is 19.4 Å². The number of nitrogens with one attached hydrogen (secondary N) is 2. The summed E-state index contributed by atoms with van der Waals surface area (Å²) in [5.74, 6) is 6.10. The zero-order chi connectivity index (χ0) is 13.7. The largest absolute Gasteiger partial charge is 0.353 e. The van der Waals surface area contributed by atoms with Crippen molar-refractivity contribution < 1.29 is 4.79 Å². The zero-order valence-corrected chi connectivity index (χ0v) is 11.0. The highest BCUT2D eigenvalue weighted by atomic mass is 16.2. The highest BCUT2D eigenvalue weighted by molar-refractivity contribution is 5.90. The average molecular weight is 261 g/mol. The average Bonchev–Trinajstić information content (AvgIpc) is 2.45. The molecule has 1 atom stereocenters. The monoisotopic (exact) mass is 261 g/mol. The number of carbonyl (C=O) groups is 1. The highest BCUT2D eigenvalue weighted by Crippen LogP contribution is 2.14. The number of amides is 1. The van der Waals surface area contributed by atoms with Gasteiger partial charge in [-0.3, -0.25) is 10.2 Å². The second kappa shape index (κ2) is 6.19. The summed E-state index contributed by atoms with van der Waals surface area (Å²) < 4.78 is 0. The summed E-state index contributed by atoms with van der Waals surface area (Å²) in [5, 5.41) is 2.85. The molecule has 2 rings (SSSR count). The lowest BCUT2D eigenvalue weighted by Gasteiger charge is -2.36. The molecule has 0 aromatic heterocycles. The molecule has 1 amide bonds. The molecular weight excluding hydrogens is 242 g/mol. The third-order valence-electron chi connectivity index (χ3n) is 3.11. The van der Waals surface area contributed by atoms with Gasteiger partial charge in [-0.1, -0.05) is 25.1 Å². The number of carbonyl (C=O) groups excluding carboxylic acids is 1. The Hall–Kier alpha value is -2.08. The third-order valence-corrected chi connectivity index (χ3v) is 3.11. The first-order valence-corrected chi connectivity index (χ1v) is 6.41. The van der Waals surface area contributed by atoms with Crippen LogP contribution in [-0.2, 0) is 4.79 Å². The number of hydrogen-bond acceptors (Lipinski definition) is 3. The number of hydrazine groups is 1. The van der Waals surface area contributed by atoms with Crippen molar-refractivity contribution in [3.05, 3.63) is 30.3 Å². The summed E-state index contributed by atoms with van der Waals surface area (Å²) >= 11 is 0. The van der Waals surface area contributed by atoms with Gasteiger partial charge < -0.3 is 10.2 Å². The molecule has 1 fully saturated rings. The predicted octanol–water partition coefficient (Wildman–Crippen LogP) is 0.348. The van der Waals surface area contributed by atoms with Gasteiger partial charge in [0, 0.05) is 13.1 Å². The molecule has 19 heavy (non-hydrogen) atoms. The van der Waals surface area contributed by atoms with Gasteiger partial charge in [-0.05, 0) is 18.6 Å². The quantitative estimate of drug-likeness (QED) is 0.310. The molecule has 6 heteroatoms. The van der Waals surface area contributed by atoms with E-state index in [0.29, 0.717) is 25.5 Å². The number of guanidine groups is 1. The Morgan fingerprint density at radius 1 is 1.53 bits per heavy atom. The number of aliphatic imine (C=N–C) groups is 1. The SMILES string of the molecule is CCC1C(=O)NCCN1C(=Nc1ccccc1)NN. The summed E-state index contributed by atoms with van der Waals surface area (Å²) in [6.07, 6.45) is 0.710. The van der Waals surface area contributed by atoms with Gasteiger partial charge in [0.05, 0.1) is 5.69 Å². The Kier molecular flexibility index (Phi) is 4.35. The van der Waals surface area contributed by atoms with Crippen molar-refractivity contribution in [2.24, 2.45) is 10.8 Å². The normalized spacial score (nSPS) is 20.1. The molecule has 1 heterocycles. The molecule has 1 aliphatic rings. The Labute approximate surface area is 112 Å². The van der Waals surface area contributed by atoms with Crippen LogP contribution in [0, 0.1) is 0 Å². The van der Waals surface area contributed by atoms with E-state index in [4.69, 9.17) is 5.84 Å². The van der Waals surface area contributed by atoms with Gasteiger partial charge in [-0.25, -0.2) is 10.8 Å². The number of nitrogens with zero attached hydrogens (tertiary/aromatic N) is 2. The standard InChI is InChI=1S/C13H19N5O/c1-2-11-12(19)15-8-9-18(11)13(17-14)16-10-6-4-3-5-7-10/h3-7,11H,2,8-9,14H2,1H3,(H,15,19)(H,16,17). The van der Waals surface area contributed by atoms with E-state index in [1.165, 1.54) is 0 Å². The number of rotatable bonds is 2. The van der Waals surface area contributed by atoms with Gasteiger partial charge in [-0.2, -0.15) is 0 Å². The summed E-state index contributed by atoms with van der Waals surface area (Å²) in [5.41, 5.74) is 3.40. The minimum atomic E-state index is -0.229. The molecule has 1 unspecified atom stereocenters. The van der Waals surface area contributed by atoms with E-state index in [9.17, 15) is 4.79 Å². The van der Waals surface area contributed by atoms with Crippen LogP contribution in [0.25, 0.3) is 0 Å². The third kappa shape index (κ3) is 3.03. The molecule has 0 saturated carbocycles. The van der Waals surface area contributed by atoms with Gasteiger partial charge in [0.15, 0.2) is 0 Å². The Morgan fingerprint density at radius 3 is 2.89 bits per heavy atom. The first-order valence-electron chi connectivity index (χ1n) is 6.41. The lowest BCUT2D eigenvalue weighted by molar-refractivity contribution is -0.127. The summed E-state index contributed by atoms with van der Waals surface area (Å²) in [4.78, 5) is 18.2. The minimum absolute atomic E-state index is 0.0183. The van der Waals surface area contributed by atoms with Crippen LogP contribution in [0.2, 0.25) is 0 Å². The van der Waals surface area contributed by atoms with E-state index >= 15 is 0 Å². The van der Waals surface area contributed by atoms with Crippen molar-refractivity contribution >= 4 is 17.6 Å². The molecule has 4 N–H and O–H groups in total. The van der Waals surface area contributed by atoms with Gasteiger partial charge in [0.2, 0.25) is 11.9 Å². The van der Waals surface area contributed by atoms with Gasteiger partial charge >= 0.3 is 0 Å². The molecule has 1 aromatic carbocycles. The number of hydrogen-bond donors (Lipinski definition) is 3. The molecule has 1 aliphatic heterocycles. The number of benzene rings is 1. The fourth-order valence-corrected chi connectivity index (χ4v) is 2.18. The van der Waals surface area contributed by atoms with Crippen LogP contribution < -0.4 is 16.6 Å². The smallest absolute Gasteiger partial charge is 0.242 e. The van der Waals surface area contributed by atoms with Crippen LogP contribution in [0.15, 0.2) is 35.3 Å². The maximum Gasteiger partial charge on any atom is 0.242 e. The van der Waals surface area contributed by atoms with Crippen LogP contribution in [0.3, 0.4) is 0 Å². The summed E-state index contributed by atoms with van der Waals surface area (Å²) in [6, 6.07) is 9.30. The van der Waals surface area contributed by atoms with E-state index < -0.39 is 0 Å². The predicted molar refractivity (Wildman–Crippen MR) is 74.7 cm³/mol. The van der Waals surface area contributed by atoms with Crippen LogP contribution in [0.1, 0.15) is 13.3 Å². The topological polar surface area (TPSA) is 82.8 Å². The fraction of sp³-hybridized carbons (Fsp3) is 0.385.